The lowest BCUT2D eigenvalue weighted by Gasteiger charge is -2.12. The second-order valence-electron chi connectivity index (χ2n) is 4.55. The van der Waals surface area contributed by atoms with Gasteiger partial charge in [-0.05, 0) is 26.0 Å². The molecule has 0 amide bonds. The molecule has 1 aromatic heterocycles. The number of para-hydroxylation sites is 2. The zero-order valence-electron chi connectivity index (χ0n) is 10.6. The number of benzene rings is 1. The first-order valence-corrected chi connectivity index (χ1v) is 6.11. The normalized spacial score (nSPS) is 11.3. The predicted octanol–water partition coefficient (Wildman–Crippen LogP) is 3.14. The number of aromatic nitrogens is 2. The summed E-state index contributed by atoms with van der Waals surface area (Å²) < 4.78 is 2.16. The molecule has 0 bridgehead atoms. The quantitative estimate of drug-likeness (QED) is 0.808. The molecule has 0 aliphatic heterocycles. The number of fused-ring (bicyclic) bond motifs is 1. The Balaban J connectivity index is 2.53. The molecule has 0 saturated heterocycles. The molecule has 0 atom stereocenters. The Labute approximate surface area is 101 Å². The second kappa shape index (κ2) is 4.70. The summed E-state index contributed by atoms with van der Waals surface area (Å²) in [6.07, 6.45) is 1.00. The van der Waals surface area contributed by atoms with Gasteiger partial charge in [-0.1, -0.05) is 19.1 Å². The molecule has 1 heterocycles. The summed E-state index contributed by atoms with van der Waals surface area (Å²) in [7, 11) is 0. The number of Topliss-reactive ketones (excluding diaryl/α,β-unsaturated/α-hetero) is 1. The molecular formula is C14H18N2O. The van der Waals surface area contributed by atoms with Gasteiger partial charge in [-0.25, -0.2) is 4.98 Å². The van der Waals surface area contributed by atoms with Gasteiger partial charge in [0.15, 0.2) is 0 Å². The van der Waals surface area contributed by atoms with Gasteiger partial charge in [-0.15, -0.1) is 0 Å². The summed E-state index contributed by atoms with van der Waals surface area (Å²) in [5, 5.41) is 0. The van der Waals surface area contributed by atoms with Crippen molar-refractivity contribution in [3.63, 3.8) is 0 Å². The van der Waals surface area contributed by atoms with Crippen molar-refractivity contribution in [1.82, 2.24) is 9.55 Å². The highest BCUT2D eigenvalue weighted by molar-refractivity contribution is 5.82. The first-order valence-electron chi connectivity index (χ1n) is 6.11. The average molecular weight is 230 g/mol. The lowest BCUT2D eigenvalue weighted by Crippen LogP contribution is -2.11. The molecule has 2 aromatic rings. The molecule has 0 unspecified atom stereocenters. The zero-order valence-corrected chi connectivity index (χ0v) is 10.6. The van der Waals surface area contributed by atoms with Crippen molar-refractivity contribution in [1.29, 1.82) is 0 Å². The van der Waals surface area contributed by atoms with Crippen LogP contribution < -0.4 is 0 Å². The van der Waals surface area contributed by atoms with Gasteiger partial charge >= 0.3 is 0 Å². The summed E-state index contributed by atoms with van der Waals surface area (Å²) in [5.41, 5.74) is 2.08. The van der Waals surface area contributed by atoms with E-state index in [0.29, 0.717) is 18.9 Å². The van der Waals surface area contributed by atoms with Crippen LogP contribution >= 0.6 is 0 Å². The van der Waals surface area contributed by atoms with Crippen LogP contribution in [0.15, 0.2) is 24.3 Å². The van der Waals surface area contributed by atoms with Gasteiger partial charge in [0.05, 0.1) is 17.5 Å². The molecule has 0 radical (unpaired) electrons. The van der Waals surface area contributed by atoms with Crippen LogP contribution in [-0.4, -0.2) is 15.3 Å². The van der Waals surface area contributed by atoms with Crippen LogP contribution in [0.2, 0.25) is 0 Å². The van der Waals surface area contributed by atoms with Crippen molar-refractivity contribution < 1.29 is 4.79 Å². The summed E-state index contributed by atoms with van der Waals surface area (Å²) >= 11 is 0. The number of hydrogen-bond donors (Lipinski definition) is 0. The highest BCUT2D eigenvalue weighted by Gasteiger charge is 2.14. The maximum Gasteiger partial charge on any atom is 0.140 e. The molecule has 0 aliphatic carbocycles. The first-order chi connectivity index (χ1) is 8.13. The minimum atomic E-state index is 0.238. The van der Waals surface area contributed by atoms with E-state index in [0.717, 1.165) is 16.9 Å². The zero-order chi connectivity index (χ0) is 12.4. The van der Waals surface area contributed by atoms with Crippen LogP contribution in [0.5, 0.6) is 0 Å². The maximum atomic E-state index is 11.6. The molecule has 3 heteroatoms. The topological polar surface area (TPSA) is 34.9 Å². The van der Waals surface area contributed by atoms with Gasteiger partial charge < -0.3 is 4.57 Å². The molecule has 0 fully saturated rings. The number of hydrogen-bond acceptors (Lipinski definition) is 2. The fourth-order valence-corrected chi connectivity index (χ4v) is 2.10. The Morgan fingerprint density at radius 3 is 2.71 bits per heavy atom. The minimum absolute atomic E-state index is 0.238. The number of rotatable bonds is 4. The van der Waals surface area contributed by atoms with Gasteiger partial charge in [0.25, 0.3) is 0 Å². The van der Waals surface area contributed by atoms with E-state index in [1.54, 1.807) is 0 Å². The Hall–Kier alpha value is -1.64. The van der Waals surface area contributed by atoms with Crippen LogP contribution in [-0.2, 0) is 11.2 Å². The standard InChI is InChI=1S/C14H18N2O/c1-4-11(17)9-14-15-12-7-5-6-8-13(12)16(14)10(2)3/h5-8,10H,4,9H2,1-3H3. The number of ketones is 1. The third-order valence-electron chi connectivity index (χ3n) is 2.93. The van der Waals surface area contributed by atoms with Crippen molar-refractivity contribution in [2.45, 2.75) is 39.7 Å². The number of nitrogens with zero attached hydrogens (tertiary/aromatic N) is 2. The molecule has 1 aromatic carbocycles. The smallest absolute Gasteiger partial charge is 0.140 e. The van der Waals surface area contributed by atoms with E-state index < -0.39 is 0 Å². The summed E-state index contributed by atoms with van der Waals surface area (Å²) in [6, 6.07) is 8.36. The maximum absolute atomic E-state index is 11.6. The fraction of sp³-hybridized carbons (Fsp3) is 0.429. The van der Waals surface area contributed by atoms with E-state index in [1.165, 1.54) is 0 Å². The SMILES string of the molecule is CCC(=O)Cc1nc2ccccc2n1C(C)C. The predicted molar refractivity (Wildman–Crippen MR) is 69.1 cm³/mol. The second-order valence-corrected chi connectivity index (χ2v) is 4.55. The van der Waals surface area contributed by atoms with Gasteiger partial charge in [-0.2, -0.15) is 0 Å². The van der Waals surface area contributed by atoms with E-state index in [1.807, 2.05) is 25.1 Å². The van der Waals surface area contributed by atoms with Crippen LogP contribution in [0.25, 0.3) is 11.0 Å². The Morgan fingerprint density at radius 1 is 1.35 bits per heavy atom. The Bertz CT molecular complexity index is 540. The fourth-order valence-electron chi connectivity index (χ4n) is 2.10. The number of imidazole rings is 1. The molecular weight excluding hydrogens is 212 g/mol. The summed E-state index contributed by atoms with van der Waals surface area (Å²) in [4.78, 5) is 16.1. The van der Waals surface area contributed by atoms with E-state index in [2.05, 4.69) is 29.5 Å². The third kappa shape index (κ3) is 2.23. The van der Waals surface area contributed by atoms with Crippen LogP contribution in [0.1, 0.15) is 39.1 Å². The third-order valence-corrected chi connectivity index (χ3v) is 2.93. The molecule has 0 spiro atoms. The van der Waals surface area contributed by atoms with Crippen molar-refractivity contribution in [2.24, 2.45) is 0 Å². The Morgan fingerprint density at radius 2 is 2.06 bits per heavy atom. The molecule has 0 saturated carbocycles. The lowest BCUT2D eigenvalue weighted by atomic mass is 10.2. The highest BCUT2D eigenvalue weighted by atomic mass is 16.1. The summed E-state index contributed by atoms with van der Waals surface area (Å²) in [6.45, 7) is 6.13. The monoisotopic (exact) mass is 230 g/mol. The number of carbonyl (C=O) groups is 1. The van der Waals surface area contributed by atoms with Gasteiger partial charge in [0, 0.05) is 12.5 Å². The molecule has 0 N–H and O–H groups in total. The van der Waals surface area contributed by atoms with E-state index in [-0.39, 0.29) is 5.78 Å². The molecule has 3 nitrogen and oxygen atoms in total. The van der Waals surface area contributed by atoms with E-state index in [9.17, 15) is 4.79 Å². The van der Waals surface area contributed by atoms with Gasteiger partial charge in [-0.3, -0.25) is 4.79 Å². The largest absolute Gasteiger partial charge is 0.325 e. The molecule has 0 aliphatic rings. The van der Waals surface area contributed by atoms with Gasteiger partial charge in [0.1, 0.15) is 11.6 Å². The van der Waals surface area contributed by atoms with Crippen molar-refractivity contribution in [3.8, 4) is 0 Å². The molecule has 2 rings (SSSR count). The lowest BCUT2D eigenvalue weighted by molar-refractivity contribution is -0.118. The molecule has 90 valence electrons. The van der Waals surface area contributed by atoms with Crippen LogP contribution in [0.4, 0.5) is 0 Å². The van der Waals surface area contributed by atoms with E-state index >= 15 is 0 Å². The first kappa shape index (κ1) is 11.8. The van der Waals surface area contributed by atoms with E-state index in [4.69, 9.17) is 0 Å². The Kier molecular flexibility index (Phi) is 3.27. The van der Waals surface area contributed by atoms with Crippen LogP contribution in [0.3, 0.4) is 0 Å². The summed E-state index contributed by atoms with van der Waals surface area (Å²) in [5.74, 6) is 1.12. The van der Waals surface area contributed by atoms with Crippen LogP contribution in [0, 0.1) is 0 Å². The molecule has 17 heavy (non-hydrogen) atoms. The van der Waals surface area contributed by atoms with Crippen molar-refractivity contribution in [3.05, 3.63) is 30.1 Å². The van der Waals surface area contributed by atoms with Gasteiger partial charge in [0.2, 0.25) is 0 Å². The average Bonchev–Trinajstić information content (AvgIpc) is 2.66. The number of carbonyl (C=O) groups excluding carboxylic acids is 1. The highest BCUT2D eigenvalue weighted by Crippen LogP contribution is 2.21. The van der Waals surface area contributed by atoms with Crippen molar-refractivity contribution >= 4 is 16.8 Å². The minimum Gasteiger partial charge on any atom is -0.325 e. The van der Waals surface area contributed by atoms with Crippen molar-refractivity contribution in [2.75, 3.05) is 0 Å².